The third-order valence-electron chi connectivity index (χ3n) is 6.80. The molecule has 0 amide bonds. The van der Waals surface area contributed by atoms with Crippen LogP contribution in [0.1, 0.15) is 59.8 Å². The number of fused-ring (bicyclic) bond motifs is 1. The highest BCUT2D eigenvalue weighted by Crippen LogP contribution is 2.35. The van der Waals surface area contributed by atoms with Gasteiger partial charge in [0, 0.05) is 52.0 Å². The summed E-state index contributed by atoms with van der Waals surface area (Å²) in [5.74, 6) is 1.78. The third kappa shape index (κ3) is 7.57. The molecule has 0 radical (unpaired) electrons. The molecule has 0 spiro atoms. The predicted molar refractivity (Wildman–Crippen MR) is 149 cm³/mol. The van der Waals surface area contributed by atoms with E-state index in [4.69, 9.17) is 23.9 Å². The molecule has 0 unspecified atom stereocenters. The van der Waals surface area contributed by atoms with Gasteiger partial charge in [-0.3, -0.25) is 14.7 Å². The van der Waals surface area contributed by atoms with Gasteiger partial charge in [-0.25, -0.2) is 0 Å². The molecule has 2 aliphatic heterocycles. The Hall–Kier alpha value is -1.98. The molecule has 10 nitrogen and oxygen atoms in total. The van der Waals surface area contributed by atoms with Gasteiger partial charge in [-0.05, 0) is 23.3 Å². The van der Waals surface area contributed by atoms with Crippen molar-refractivity contribution in [3.05, 3.63) is 22.1 Å². The van der Waals surface area contributed by atoms with Crippen molar-refractivity contribution in [3.8, 4) is 0 Å². The molecule has 4 rings (SSSR count). The fourth-order valence-corrected chi connectivity index (χ4v) is 4.89. The van der Waals surface area contributed by atoms with Gasteiger partial charge >= 0.3 is 0 Å². The Labute approximate surface area is 226 Å². The summed E-state index contributed by atoms with van der Waals surface area (Å²) in [6, 6.07) is 0. The summed E-state index contributed by atoms with van der Waals surface area (Å²) in [7, 11) is 0. The van der Waals surface area contributed by atoms with E-state index in [9.17, 15) is 4.79 Å². The molecule has 2 aromatic heterocycles. The van der Waals surface area contributed by atoms with Gasteiger partial charge in [-0.2, -0.15) is 4.98 Å². The second kappa shape index (κ2) is 13.4. The van der Waals surface area contributed by atoms with Gasteiger partial charge in [-0.1, -0.05) is 41.5 Å². The Morgan fingerprint density at radius 3 is 2.53 bits per heavy atom. The van der Waals surface area contributed by atoms with Crippen LogP contribution in [-0.2, 0) is 25.5 Å². The molecule has 0 aromatic carbocycles. The van der Waals surface area contributed by atoms with Crippen molar-refractivity contribution >= 4 is 17.0 Å². The molecular weight excluding hydrogens is 486 g/mol. The highest BCUT2D eigenvalue weighted by atomic mass is 16.6. The molecule has 2 saturated heterocycles. The number of nitrogens with zero attached hydrogens (tertiary/aromatic N) is 3. The molecule has 38 heavy (non-hydrogen) atoms. The zero-order valence-electron chi connectivity index (χ0n) is 24.0. The number of H-pyrrole nitrogens is 1. The van der Waals surface area contributed by atoms with E-state index in [0.29, 0.717) is 80.7 Å². The first-order valence-corrected chi connectivity index (χ1v) is 14.2. The van der Waals surface area contributed by atoms with Gasteiger partial charge in [0.05, 0.1) is 31.3 Å². The van der Waals surface area contributed by atoms with Crippen molar-refractivity contribution < 1.29 is 18.9 Å². The number of anilines is 1. The number of hydrogen-bond acceptors (Lipinski definition) is 8. The Kier molecular flexibility index (Phi) is 10.2. The van der Waals surface area contributed by atoms with Crippen LogP contribution in [0.15, 0.2) is 11.0 Å². The lowest BCUT2D eigenvalue weighted by Crippen LogP contribution is -2.35. The molecule has 4 heterocycles. The van der Waals surface area contributed by atoms with Crippen LogP contribution in [0.3, 0.4) is 0 Å². The van der Waals surface area contributed by atoms with E-state index in [2.05, 4.69) is 62.9 Å². The minimum Gasteiger partial charge on any atom is -0.379 e. The number of aromatic nitrogens is 3. The number of ether oxygens (including phenoxy) is 4. The standard InChI is InChI=1S/C28H47N5O5/c1-18(2)12-29-28-30-26-25(27(34)31-28)21(13-32-7-9-35-10-8-32)14-33(26)24-11-22(37-16-20(5)6)23(38-24)17-36-15-19(3)4/h14,18-20,22-24H,7-13,15-17H2,1-6H3,(H2,29,30,31,34)/t22-,23+,24+/m0/s1. The first-order chi connectivity index (χ1) is 18.2. The first kappa shape index (κ1) is 29.0. The minimum absolute atomic E-state index is 0.0877. The summed E-state index contributed by atoms with van der Waals surface area (Å²) in [6.07, 6.45) is 2.16. The van der Waals surface area contributed by atoms with Gasteiger partial charge < -0.3 is 28.8 Å². The fraction of sp³-hybridized carbons (Fsp3) is 0.786. The Balaban J connectivity index is 1.65. The Morgan fingerprint density at radius 2 is 1.84 bits per heavy atom. The number of aromatic amines is 1. The molecule has 0 aliphatic carbocycles. The van der Waals surface area contributed by atoms with E-state index in [1.165, 1.54) is 0 Å². The summed E-state index contributed by atoms with van der Waals surface area (Å²) in [5.41, 5.74) is 1.46. The summed E-state index contributed by atoms with van der Waals surface area (Å²) >= 11 is 0. The molecule has 2 aromatic rings. The SMILES string of the molecule is CC(C)CNc1nc2c(c(CN3CCOCC3)cn2[C@H]2C[C@H](OCC(C)C)[C@@H](COCC(C)C)O2)c(=O)[nH]1. The lowest BCUT2D eigenvalue weighted by molar-refractivity contribution is -0.0814. The molecule has 214 valence electrons. The van der Waals surface area contributed by atoms with Crippen LogP contribution in [0.25, 0.3) is 11.0 Å². The highest BCUT2D eigenvalue weighted by Gasteiger charge is 2.38. The van der Waals surface area contributed by atoms with Crippen LogP contribution in [-0.4, -0.2) is 84.3 Å². The summed E-state index contributed by atoms with van der Waals surface area (Å²) in [4.78, 5) is 23.5. The van der Waals surface area contributed by atoms with Gasteiger partial charge in [0.25, 0.3) is 5.56 Å². The van der Waals surface area contributed by atoms with Gasteiger partial charge in [0.2, 0.25) is 5.95 Å². The second-order valence-electron chi connectivity index (χ2n) is 11.9. The molecule has 0 saturated carbocycles. The van der Waals surface area contributed by atoms with Crippen molar-refractivity contribution in [2.45, 2.75) is 72.9 Å². The average molecular weight is 534 g/mol. The van der Waals surface area contributed by atoms with Crippen molar-refractivity contribution in [2.24, 2.45) is 17.8 Å². The Morgan fingerprint density at radius 1 is 1.11 bits per heavy atom. The van der Waals surface area contributed by atoms with Crippen LogP contribution in [0, 0.1) is 17.8 Å². The summed E-state index contributed by atoms with van der Waals surface area (Å²) in [5, 5.41) is 3.90. The average Bonchev–Trinajstić information content (AvgIpc) is 3.43. The van der Waals surface area contributed by atoms with Gasteiger partial charge in [0.15, 0.2) is 5.65 Å². The zero-order valence-corrected chi connectivity index (χ0v) is 24.0. The van der Waals surface area contributed by atoms with E-state index in [1.807, 2.05) is 4.57 Å². The van der Waals surface area contributed by atoms with Gasteiger partial charge in [0.1, 0.15) is 12.3 Å². The normalized spacial score (nSPS) is 22.9. The van der Waals surface area contributed by atoms with Gasteiger partial charge in [-0.15, -0.1) is 0 Å². The molecule has 3 atom stereocenters. The summed E-state index contributed by atoms with van der Waals surface area (Å²) in [6.45, 7) is 19.1. The molecule has 2 fully saturated rings. The van der Waals surface area contributed by atoms with Crippen molar-refractivity contribution in [1.82, 2.24) is 19.4 Å². The van der Waals surface area contributed by atoms with E-state index in [0.717, 1.165) is 25.2 Å². The Bertz CT molecular complexity index is 1080. The monoisotopic (exact) mass is 533 g/mol. The van der Waals surface area contributed by atoms with Crippen molar-refractivity contribution in [2.75, 3.05) is 58.0 Å². The number of nitrogens with one attached hydrogen (secondary N) is 2. The third-order valence-corrected chi connectivity index (χ3v) is 6.80. The number of rotatable bonds is 13. The lowest BCUT2D eigenvalue weighted by Gasteiger charge is -2.26. The largest absolute Gasteiger partial charge is 0.379 e. The van der Waals surface area contributed by atoms with E-state index in [-0.39, 0.29) is 24.0 Å². The highest BCUT2D eigenvalue weighted by molar-refractivity contribution is 5.80. The van der Waals surface area contributed by atoms with Crippen LogP contribution in [0.5, 0.6) is 0 Å². The van der Waals surface area contributed by atoms with Crippen molar-refractivity contribution in [1.29, 1.82) is 0 Å². The molecular formula is C28H47N5O5. The maximum absolute atomic E-state index is 13.4. The van der Waals surface area contributed by atoms with E-state index in [1.54, 1.807) is 0 Å². The molecule has 10 heteroatoms. The van der Waals surface area contributed by atoms with Crippen LogP contribution < -0.4 is 10.9 Å². The van der Waals surface area contributed by atoms with Crippen LogP contribution >= 0.6 is 0 Å². The quantitative estimate of drug-likeness (QED) is 0.403. The minimum atomic E-state index is -0.298. The van der Waals surface area contributed by atoms with Crippen LogP contribution in [0.4, 0.5) is 5.95 Å². The molecule has 0 bridgehead atoms. The van der Waals surface area contributed by atoms with E-state index < -0.39 is 0 Å². The molecule has 2 N–H and O–H groups in total. The van der Waals surface area contributed by atoms with Crippen molar-refractivity contribution in [3.63, 3.8) is 0 Å². The topological polar surface area (TPSA) is 103 Å². The predicted octanol–water partition coefficient (Wildman–Crippen LogP) is 3.63. The zero-order chi connectivity index (χ0) is 27.2. The smallest absolute Gasteiger partial charge is 0.262 e. The molecule has 2 aliphatic rings. The summed E-state index contributed by atoms with van der Waals surface area (Å²) < 4.78 is 26.4. The fourth-order valence-electron chi connectivity index (χ4n) is 4.89. The lowest BCUT2D eigenvalue weighted by atomic mass is 10.1. The first-order valence-electron chi connectivity index (χ1n) is 14.2. The van der Waals surface area contributed by atoms with Crippen LogP contribution in [0.2, 0.25) is 0 Å². The number of morpholine rings is 1. The maximum Gasteiger partial charge on any atom is 0.262 e. The van der Waals surface area contributed by atoms with E-state index >= 15 is 0 Å². The second-order valence-corrected chi connectivity index (χ2v) is 11.9. The maximum atomic E-state index is 13.4. The number of hydrogen-bond donors (Lipinski definition) is 2.